The quantitative estimate of drug-likeness (QED) is 0.450. The smallest absolute Gasteiger partial charge is 0.114 e. The summed E-state index contributed by atoms with van der Waals surface area (Å²) in [5, 5.41) is 6.86. The van der Waals surface area contributed by atoms with E-state index in [2.05, 4.69) is 59.9 Å². The van der Waals surface area contributed by atoms with Crippen LogP contribution in [0.2, 0.25) is 0 Å². The number of hydrogen-bond acceptors (Lipinski definition) is 7. The summed E-state index contributed by atoms with van der Waals surface area (Å²) in [7, 11) is 8.15. The van der Waals surface area contributed by atoms with Crippen LogP contribution in [0.25, 0.3) is 27.8 Å². The van der Waals surface area contributed by atoms with Crippen molar-refractivity contribution in [3.8, 4) is 0 Å². The number of rotatable bonds is 8. The van der Waals surface area contributed by atoms with Crippen molar-refractivity contribution < 1.29 is 0 Å². The molecule has 29 heavy (non-hydrogen) atoms. The van der Waals surface area contributed by atoms with Crippen molar-refractivity contribution in [2.75, 3.05) is 53.3 Å². The molecule has 0 fully saturated rings. The Labute approximate surface area is 172 Å². The van der Waals surface area contributed by atoms with Gasteiger partial charge in [-0.05, 0) is 59.2 Å². The summed E-state index contributed by atoms with van der Waals surface area (Å²) < 4.78 is 0. The second kappa shape index (κ2) is 8.71. The lowest BCUT2D eigenvalue weighted by Crippen LogP contribution is -2.26. The van der Waals surface area contributed by atoms with Crippen LogP contribution in [0.3, 0.4) is 0 Å². The lowest BCUT2D eigenvalue weighted by molar-refractivity contribution is 0.397. The zero-order chi connectivity index (χ0) is 21.1. The maximum absolute atomic E-state index is 4.93. The average molecular weight is 394 g/mol. The summed E-state index contributed by atoms with van der Waals surface area (Å²) >= 11 is 0. The molecule has 0 aromatic carbocycles. The largest absolute Gasteiger partial charge is 0.380 e. The highest BCUT2D eigenvalue weighted by molar-refractivity contribution is 6.05. The Kier molecular flexibility index (Phi) is 6.30. The minimum absolute atomic E-state index is 0.710. The van der Waals surface area contributed by atoms with Gasteiger partial charge in [0, 0.05) is 36.7 Å². The molecule has 0 aliphatic rings. The van der Waals surface area contributed by atoms with Crippen LogP contribution in [0.4, 0.5) is 5.69 Å². The minimum atomic E-state index is 0.710. The van der Waals surface area contributed by atoms with E-state index in [0.717, 1.165) is 63.2 Å². The first-order valence-corrected chi connectivity index (χ1v) is 9.80. The molecule has 0 bridgehead atoms. The van der Waals surface area contributed by atoms with E-state index in [0.29, 0.717) is 6.67 Å². The molecule has 0 amide bonds. The number of anilines is 1. The predicted octanol–water partition coefficient (Wildman–Crippen LogP) is 2.85. The van der Waals surface area contributed by atoms with Crippen LogP contribution < -0.4 is 10.6 Å². The summed E-state index contributed by atoms with van der Waals surface area (Å²) in [4.78, 5) is 18.5. The van der Waals surface area contributed by atoms with Gasteiger partial charge in [-0.25, -0.2) is 4.98 Å². The summed E-state index contributed by atoms with van der Waals surface area (Å²) in [6, 6.07) is 2.05. The van der Waals surface area contributed by atoms with Crippen molar-refractivity contribution in [2.24, 2.45) is 0 Å². The summed E-state index contributed by atoms with van der Waals surface area (Å²) in [5.41, 5.74) is 8.42. The van der Waals surface area contributed by atoms with Crippen molar-refractivity contribution in [3.63, 3.8) is 0 Å². The number of aromatic nitrogens is 3. The van der Waals surface area contributed by atoms with Crippen molar-refractivity contribution in [3.05, 3.63) is 41.7 Å². The maximum Gasteiger partial charge on any atom is 0.114 e. The molecule has 0 aliphatic heterocycles. The van der Waals surface area contributed by atoms with Crippen LogP contribution in [0.15, 0.2) is 25.0 Å². The van der Waals surface area contributed by atoms with Crippen LogP contribution in [-0.2, 0) is 0 Å². The highest BCUT2D eigenvalue weighted by atomic mass is 15.2. The Hall–Kier alpha value is -2.77. The van der Waals surface area contributed by atoms with E-state index < -0.39 is 0 Å². The van der Waals surface area contributed by atoms with E-state index in [1.165, 1.54) is 0 Å². The van der Waals surface area contributed by atoms with Gasteiger partial charge >= 0.3 is 0 Å². The Morgan fingerprint density at radius 1 is 1.00 bits per heavy atom. The SMILES string of the molecule is C=C(NCN(C)C)c1cnc2c(NCCN(C)C)c3ncc(C)c(C)c3nc2c1. The maximum atomic E-state index is 4.93. The lowest BCUT2D eigenvalue weighted by Gasteiger charge is -2.17. The second-order valence-electron chi connectivity index (χ2n) is 7.97. The number of aryl methyl sites for hydroxylation is 2. The molecule has 0 saturated heterocycles. The molecule has 3 aromatic rings. The van der Waals surface area contributed by atoms with E-state index in [9.17, 15) is 0 Å². The Balaban J connectivity index is 2.11. The molecule has 3 heterocycles. The van der Waals surface area contributed by atoms with Gasteiger partial charge in [0.15, 0.2) is 0 Å². The van der Waals surface area contributed by atoms with Crippen LogP contribution in [0.1, 0.15) is 16.7 Å². The van der Waals surface area contributed by atoms with Gasteiger partial charge in [0.25, 0.3) is 0 Å². The zero-order valence-corrected chi connectivity index (χ0v) is 18.3. The average Bonchev–Trinajstić information content (AvgIpc) is 2.68. The molecule has 0 atom stereocenters. The summed E-state index contributed by atoms with van der Waals surface area (Å²) in [6.45, 7) is 10.7. The molecule has 7 heteroatoms. The highest BCUT2D eigenvalue weighted by Crippen LogP contribution is 2.31. The molecule has 0 unspecified atom stereocenters. The van der Waals surface area contributed by atoms with Gasteiger partial charge in [-0.3, -0.25) is 14.9 Å². The lowest BCUT2D eigenvalue weighted by atomic mass is 10.1. The fraction of sp³-hybridized carbons (Fsp3) is 0.409. The first kappa shape index (κ1) is 21.0. The molecular weight excluding hydrogens is 362 g/mol. The second-order valence-corrected chi connectivity index (χ2v) is 7.97. The fourth-order valence-electron chi connectivity index (χ4n) is 3.06. The third-order valence-electron chi connectivity index (χ3n) is 4.95. The van der Waals surface area contributed by atoms with E-state index in [1.54, 1.807) is 0 Å². The number of nitrogens with one attached hydrogen (secondary N) is 2. The number of likely N-dealkylation sites (N-methyl/N-ethyl adjacent to an activating group) is 1. The Morgan fingerprint density at radius 3 is 2.41 bits per heavy atom. The zero-order valence-electron chi connectivity index (χ0n) is 18.3. The van der Waals surface area contributed by atoms with E-state index in [-0.39, 0.29) is 0 Å². The van der Waals surface area contributed by atoms with Gasteiger partial charge in [-0.2, -0.15) is 0 Å². The predicted molar refractivity (Wildman–Crippen MR) is 122 cm³/mol. The standard InChI is InChI=1S/C22H31N7/c1-14-11-24-21-19(15(14)2)27-18-10-17(16(3)26-13-29(6)7)12-25-20(18)22(21)23-8-9-28(4)5/h10-12,26H,3,8-9,13H2,1-2,4-7H3,(H,23,27). The Bertz CT molecular complexity index is 1040. The molecular formula is C22H31N7. The van der Waals surface area contributed by atoms with Gasteiger partial charge in [0.1, 0.15) is 11.0 Å². The highest BCUT2D eigenvalue weighted by Gasteiger charge is 2.15. The molecule has 3 aromatic heterocycles. The van der Waals surface area contributed by atoms with Crippen molar-refractivity contribution in [2.45, 2.75) is 13.8 Å². The van der Waals surface area contributed by atoms with Crippen LogP contribution in [0.5, 0.6) is 0 Å². The van der Waals surface area contributed by atoms with Crippen LogP contribution in [0, 0.1) is 13.8 Å². The molecule has 0 saturated carbocycles. The van der Waals surface area contributed by atoms with Gasteiger partial charge < -0.3 is 15.5 Å². The molecule has 3 rings (SSSR count). The summed E-state index contributed by atoms with van der Waals surface area (Å²) in [6.07, 6.45) is 3.75. The van der Waals surface area contributed by atoms with Crippen molar-refractivity contribution in [1.82, 2.24) is 30.1 Å². The third kappa shape index (κ3) is 4.63. The molecule has 0 aliphatic carbocycles. The first-order valence-electron chi connectivity index (χ1n) is 9.80. The van der Waals surface area contributed by atoms with E-state index >= 15 is 0 Å². The normalized spacial score (nSPS) is 11.6. The van der Waals surface area contributed by atoms with Crippen LogP contribution >= 0.6 is 0 Å². The van der Waals surface area contributed by atoms with Crippen molar-refractivity contribution in [1.29, 1.82) is 0 Å². The molecule has 7 nitrogen and oxygen atoms in total. The van der Waals surface area contributed by atoms with E-state index in [1.807, 2.05) is 32.6 Å². The number of hydrogen-bond donors (Lipinski definition) is 2. The minimum Gasteiger partial charge on any atom is -0.380 e. The summed E-state index contributed by atoms with van der Waals surface area (Å²) in [5.74, 6) is 0. The van der Waals surface area contributed by atoms with Gasteiger partial charge in [-0.1, -0.05) is 6.58 Å². The molecule has 2 N–H and O–H groups in total. The molecule has 0 radical (unpaired) electrons. The van der Waals surface area contributed by atoms with Gasteiger partial charge in [-0.15, -0.1) is 0 Å². The molecule has 0 spiro atoms. The van der Waals surface area contributed by atoms with Crippen molar-refractivity contribution >= 4 is 33.5 Å². The topological polar surface area (TPSA) is 69.2 Å². The van der Waals surface area contributed by atoms with Gasteiger partial charge in [0.05, 0.1) is 23.4 Å². The number of nitrogens with zero attached hydrogens (tertiary/aromatic N) is 5. The van der Waals surface area contributed by atoms with Crippen LogP contribution in [-0.4, -0.2) is 72.7 Å². The monoisotopic (exact) mass is 393 g/mol. The third-order valence-corrected chi connectivity index (χ3v) is 4.95. The first-order chi connectivity index (χ1) is 13.8. The van der Waals surface area contributed by atoms with E-state index in [4.69, 9.17) is 9.97 Å². The number of fused-ring (bicyclic) bond motifs is 2. The molecule has 154 valence electrons. The fourth-order valence-corrected chi connectivity index (χ4v) is 3.06. The van der Waals surface area contributed by atoms with Gasteiger partial charge in [0.2, 0.25) is 0 Å². The number of pyridine rings is 3. The Morgan fingerprint density at radius 2 is 1.72 bits per heavy atom.